The Bertz CT molecular complexity index is 259. The van der Waals surface area contributed by atoms with Gasteiger partial charge in [-0.25, -0.2) is 0 Å². The van der Waals surface area contributed by atoms with Gasteiger partial charge in [0.2, 0.25) is 5.91 Å². The summed E-state index contributed by atoms with van der Waals surface area (Å²) in [5.74, 6) is -0.412. The molecule has 16 heavy (non-hydrogen) atoms. The van der Waals surface area contributed by atoms with E-state index in [1.54, 1.807) is 19.2 Å². The van der Waals surface area contributed by atoms with Crippen LogP contribution in [0.15, 0.2) is 16.6 Å². The first kappa shape index (κ1) is 14.8. The molecule has 0 rings (SSSR count). The third kappa shape index (κ3) is 9.36. The molecule has 5 heteroatoms. The second kappa shape index (κ2) is 9.06. The van der Waals surface area contributed by atoms with E-state index in [1.165, 1.54) is 0 Å². The Balaban J connectivity index is 3.48. The first-order valence-electron chi connectivity index (χ1n) is 5.36. The van der Waals surface area contributed by atoms with Crippen molar-refractivity contribution in [1.82, 2.24) is 10.2 Å². The van der Waals surface area contributed by atoms with Crippen LogP contribution in [0.4, 0.5) is 0 Å². The summed E-state index contributed by atoms with van der Waals surface area (Å²) in [5.41, 5.74) is 5.57. The van der Waals surface area contributed by atoms with Crippen molar-refractivity contribution in [2.75, 3.05) is 33.9 Å². The summed E-state index contributed by atoms with van der Waals surface area (Å²) in [4.78, 5) is 16.9. The molecule has 5 nitrogen and oxygen atoms in total. The number of primary amides is 1. The van der Waals surface area contributed by atoms with Crippen molar-refractivity contribution in [2.45, 2.75) is 13.3 Å². The number of rotatable bonds is 8. The normalized spacial score (nSPS) is 12.6. The van der Waals surface area contributed by atoms with Crippen LogP contribution in [0, 0.1) is 0 Å². The Kier molecular flexibility index (Phi) is 8.38. The predicted octanol–water partition coefficient (Wildman–Crippen LogP) is -0.0124. The van der Waals surface area contributed by atoms with Gasteiger partial charge in [0, 0.05) is 11.8 Å². The van der Waals surface area contributed by atoms with Gasteiger partial charge in [-0.15, -0.1) is 0 Å². The summed E-state index contributed by atoms with van der Waals surface area (Å²) in [7, 11) is 4.10. The lowest BCUT2D eigenvalue weighted by atomic mass is 10.3. The molecular formula is C11H22N4O. The minimum Gasteiger partial charge on any atom is -0.366 e. The van der Waals surface area contributed by atoms with E-state index in [0.29, 0.717) is 12.2 Å². The van der Waals surface area contributed by atoms with E-state index in [9.17, 15) is 4.79 Å². The van der Waals surface area contributed by atoms with Crippen molar-refractivity contribution in [3.63, 3.8) is 0 Å². The molecule has 0 saturated carbocycles. The number of hydrogen-bond acceptors (Lipinski definition) is 4. The van der Waals surface area contributed by atoms with Gasteiger partial charge in [-0.3, -0.25) is 15.1 Å². The summed E-state index contributed by atoms with van der Waals surface area (Å²) in [6, 6.07) is 0. The van der Waals surface area contributed by atoms with E-state index in [2.05, 4.69) is 29.3 Å². The highest BCUT2D eigenvalue weighted by molar-refractivity contribution is 5.95. The molecule has 0 radical (unpaired) electrons. The van der Waals surface area contributed by atoms with Crippen LogP contribution < -0.4 is 11.1 Å². The van der Waals surface area contributed by atoms with E-state index in [-0.39, 0.29) is 0 Å². The van der Waals surface area contributed by atoms with Crippen LogP contribution in [0.1, 0.15) is 13.3 Å². The fraction of sp³-hybridized carbons (Fsp3) is 0.636. The molecule has 3 N–H and O–H groups in total. The van der Waals surface area contributed by atoms with Gasteiger partial charge in [-0.1, -0.05) is 0 Å². The van der Waals surface area contributed by atoms with Crippen molar-refractivity contribution >= 4 is 12.1 Å². The molecule has 0 fully saturated rings. The van der Waals surface area contributed by atoms with E-state index < -0.39 is 5.91 Å². The number of hydrogen-bond donors (Lipinski definition) is 2. The van der Waals surface area contributed by atoms with Gasteiger partial charge in [-0.05, 0) is 46.6 Å². The number of amides is 1. The SMILES string of the molecule is C/C(=C\C=N/CNCCCN(C)C)C(N)=O. The standard InChI is InChI=1S/C11H22N4O/c1-10(11(12)16)5-7-14-9-13-6-4-8-15(2)3/h5,7,13H,4,6,8-9H2,1-3H3,(H2,12,16)/b10-5+,14-7-. The summed E-state index contributed by atoms with van der Waals surface area (Å²) in [6.45, 7) is 4.24. The molecule has 0 aliphatic rings. The zero-order valence-corrected chi connectivity index (χ0v) is 10.4. The van der Waals surface area contributed by atoms with E-state index in [4.69, 9.17) is 5.73 Å². The maximum Gasteiger partial charge on any atom is 0.244 e. The molecule has 1 amide bonds. The van der Waals surface area contributed by atoms with Crippen molar-refractivity contribution in [3.8, 4) is 0 Å². The van der Waals surface area contributed by atoms with Gasteiger partial charge in [0.05, 0.1) is 6.67 Å². The largest absolute Gasteiger partial charge is 0.366 e. The molecule has 0 atom stereocenters. The van der Waals surface area contributed by atoms with Crippen LogP contribution >= 0.6 is 0 Å². The third-order valence-electron chi connectivity index (χ3n) is 1.98. The predicted molar refractivity (Wildman–Crippen MR) is 67.5 cm³/mol. The highest BCUT2D eigenvalue weighted by Crippen LogP contribution is 1.86. The maximum absolute atomic E-state index is 10.6. The van der Waals surface area contributed by atoms with Gasteiger partial charge in [0.1, 0.15) is 0 Å². The molecule has 0 aromatic rings. The van der Waals surface area contributed by atoms with Gasteiger partial charge in [-0.2, -0.15) is 0 Å². The Hall–Kier alpha value is -1.20. The van der Waals surface area contributed by atoms with Crippen LogP contribution in [0.25, 0.3) is 0 Å². The lowest BCUT2D eigenvalue weighted by Gasteiger charge is -2.08. The molecule has 0 heterocycles. The molecule has 0 aliphatic carbocycles. The van der Waals surface area contributed by atoms with Gasteiger partial charge >= 0.3 is 0 Å². The molecule has 0 unspecified atom stereocenters. The smallest absolute Gasteiger partial charge is 0.244 e. The Morgan fingerprint density at radius 1 is 1.50 bits per heavy atom. The minimum atomic E-state index is -0.412. The summed E-state index contributed by atoms with van der Waals surface area (Å²) in [6.07, 6.45) is 4.31. The Morgan fingerprint density at radius 2 is 2.19 bits per heavy atom. The minimum absolute atomic E-state index is 0.412. The number of aliphatic imine (C=N–C) groups is 1. The zero-order chi connectivity index (χ0) is 12.4. The first-order valence-corrected chi connectivity index (χ1v) is 5.36. The summed E-state index contributed by atoms with van der Waals surface area (Å²) >= 11 is 0. The van der Waals surface area contributed by atoms with E-state index in [0.717, 1.165) is 19.5 Å². The van der Waals surface area contributed by atoms with Crippen LogP contribution in [0.2, 0.25) is 0 Å². The third-order valence-corrected chi connectivity index (χ3v) is 1.98. The van der Waals surface area contributed by atoms with Crippen molar-refractivity contribution in [1.29, 1.82) is 0 Å². The lowest BCUT2D eigenvalue weighted by Crippen LogP contribution is -2.21. The molecule has 92 valence electrons. The molecule has 0 aromatic carbocycles. The van der Waals surface area contributed by atoms with Gasteiger partial charge in [0.25, 0.3) is 0 Å². The lowest BCUT2D eigenvalue weighted by molar-refractivity contribution is -0.114. The number of nitrogens with two attached hydrogens (primary N) is 1. The van der Waals surface area contributed by atoms with Crippen LogP contribution in [0.5, 0.6) is 0 Å². The average molecular weight is 226 g/mol. The monoisotopic (exact) mass is 226 g/mol. The Morgan fingerprint density at radius 3 is 2.75 bits per heavy atom. The highest BCUT2D eigenvalue weighted by Gasteiger charge is 1.92. The van der Waals surface area contributed by atoms with E-state index in [1.807, 2.05) is 0 Å². The molecule has 0 saturated heterocycles. The fourth-order valence-corrected chi connectivity index (χ4v) is 0.963. The number of carbonyl (C=O) groups is 1. The van der Waals surface area contributed by atoms with Crippen molar-refractivity contribution in [3.05, 3.63) is 11.6 Å². The molecular weight excluding hydrogens is 204 g/mol. The zero-order valence-electron chi connectivity index (χ0n) is 10.4. The second-order valence-corrected chi connectivity index (χ2v) is 3.86. The van der Waals surface area contributed by atoms with Crippen LogP contribution in [0.3, 0.4) is 0 Å². The van der Waals surface area contributed by atoms with Crippen LogP contribution in [-0.2, 0) is 4.79 Å². The summed E-state index contributed by atoms with van der Waals surface area (Å²) < 4.78 is 0. The van der Waals surface area contributed by atoms with Crippen molar-refractivity contribution in [2.24, 2.45) is 10.7 Å². The summed E-state index contributed by atoms with van der Waals surface area (Å²) in [5, 5.41) is 3.17. The average Bonchev–Trinajstić information content (AvgIpc) is 2.21. The number of carbonyl (C=O) groups excluding carboxylic acids is 1. The van der Waals surface area contributed by atoms with E-state index >= 15 is 0 Å². The highest BCUT2D eigenvalue weighted by atomic mass is 16.1. The van der Waals surface area contributed by atoms with Crippen LogP contribution in [-0.4, -0.2) is 50.9 Å². The maximum atomic E-state index is 10.6. The fourth-order valence-electron chi connectivity index (χ4n) is 0.963. The van der Waals surface area contributed by atoms with Gasteiger partial charge in [0.15, 0.2) is 0 Å². The molecule has 0 bridgehead atoms. The number of nitrogens with one attached hydrogen (secondary N) is 1. The molecule has 0 aromatic heterocycles. The topological polar surface area (TPSA) is 70.7 Å². The first-order chi connectivity index (χ1) is 7.54. The van der Waals surface area contributed by atoms with Gasteiger partial charge < -0.3 is 10.6 Å². The number of allylic oxidation sites excluding steroid dienone is 1. The Labute approximate surface area is 97.4 Å². The second-order valence-electron chi connectivity index (χ2n) is 3.86. The van der Waals surface area contributed by atoms with Crippen molar-refractivity contribution < 1.29 is 4.79 Å². The quantitative estimate of drug-likeness (QED) is 0.347. The number of nitrogens with zero attached hydrogens (tertiary/aromatic N) is 2. The molecule has 0 spiro atoms. The molecule has 0 aliphatic heterocycles.